The molecule has 0 aromatic heterocycles. The number of rotatable bonds is 7. The van der Waals surface area contributed by atoms with Crippen molar-refractivity contribution >= 4 is 11.9 Å². The molecule has 2 aromatic rings. The van der Waals surface area contributed by atoms with Crippen LogP contribution in [-0.2, 0) is 27.4 Å². The summed E-state index contributed by atoms with van der Waals surface area (Å²) in [5.74, 6) is -0.314. The van der Waals surface area contributed by atoms with Crippen LogP contribution in [0.25, 0.3) is 0 Å². The highest BCUT2D eigenvalue weighted by Crippen LogP contribution is 2.25. The summed E-state index contributed by atoms with van der Waals surface area (Å²) in [7, 11) is 0. The summed E-state index contributed by atoms with van der Waals surface area (Å²) < 4.78 is 10.9. The highest BCUT2D eigenvalue weighted by molar-refractivity contribution is 5.75. The molecule has 0 unspecified atom stereocenters. The zero-order valence-electron chi connectivity index (χ0n) is 15.8. The number of carbonyl (C=O) groups is 2. The van der Waals surface area contributed by atoms with Crippen molar-refractivity contribution in [3.63, 3.8) is 0 Å². The third-order valence-electron chi connectivity index (χ3n) is 3.90. The number of carbonyl (C=O) groups excluding carboxylic acids is 2. The lowest BCUT2D eigenvalue weighted by Crippen LogP contribution is -2.16. The molecule has 0 atom stereocenters. The van der Waals surface area contributed by atoms with Crippen LogP contribution < -0.4 is 4.74 Å². The average Bonchev–Trinajstić information content (AvgIpc) is 2.62. The van der Waals surface area contributed by atoms with E-state index < -0.39 is 0 Å². The predicted molar refractivity (Wildman–Crippen MR) is 101 cm³/mol. The van der Waals surface area contributed by atoms with Gasteiger partial charge in [0, 0.05) is 6.42 Å². The normalized spacial score (nSPS) is 10.8. The SMILES string of the molecule is CC(C)C(=O)OCc1ccc(OC(=O)C(C)C)c(Cc2ccccc2)c1. The molecule has 2 aromatic carbocycles. The number of esters is 2. The minimum absolute atomic E-state index is 0.162. The van der Waals surface area contributed by atoms with E-state index in [1.165, 1.54) is 0 Å². The van der Waals surface area contributed by atoms with Crippen LogP contribution in [0.3, 0.4) is 0 Å². The molecule has 138 valence electrons. The molecule has 0 saturated carbocycles. The van der Waals surface area contributed by atoms with E-state index in [0.717, 1.165) is 16.7 Å². The van der Waals surface area contributed by atoms with Gasteiger partial charge in [-0.1, -0.05) is 64.1 Å². The van der Waals surface area contributed by atoms with Crippen molar-refractivity contribution in [2.45, 2.75) is 40.7 Å². The van der Waals surface area contributed by atoms with E-state index in [9.17, 15) is 9.59 Å². The largest absolute Gasteiger partial charge is 0.461 e. The molecule has 0 spiro atoms. The van der Waals surface area contributed by atoms with Gasteiger partial charge in [0.25, 0.3) is 0 Å². The van der Waals surface area contributed by atoms with Crippen molar-refractivity contribution in [3.05, 3.63) is 65.2 Å². The van der Waals surface area contributed by atoms with Crippen molar-refractivity contribution in [2.24, 2.45) is 11.8 Å². The van der Waals surface area contributed by atoms with Gasteiger partial charge in [-0.2, -0.15) is 0 Å². The summed E-state index contributed by atoms with van der Waals surface area (Å²) in [5.41, 5.74) is 2.88. The molecule has 2 rings (SSSR count). The Kier molecular flexibility index (Phi) is 6.96. The predicted octanol–water partition coefficient (Wildman–Crippen LogP) is 4.54. The van der Waals surface area contributed by atoms with Gasteiger partial charge in [0.15, 0.2) is 0 Å². The molecule has 4 heteroatoms. The fourth-order valence-corrected chi connectivity index (χ4v) is 2.32. The lowest BCUT2D eigenvalue weighted by Gasteiger charge is -2.14. The maximum Gasteiger partial charge on any atom is 0.313 e. The van der Waals surface area contributed by atoms with Crippen molar-refractivity contribution in [1.82, 2.24) is 0 Å². The van der Waals surface area contributed by atoms with Crippen LogP contribution in [0.5, 0.6) is 5.75 Å². The van der Waals surface area contributed by atoms with Gasteiger partial charge in [-0.3, -0.25) is 9.59 Å². The monoisotopic (exact) mass is 354 g/mol. The average molecular weight is 354 g/mol. The minimum Gasteiger partial charge on any atom is -0.461 e. The van der Waals surface area contributed by atoms with Crippen LogP contribution in [0, 0.1) is 11.8 Å². The van der Waals surface area contributed by atoms with Gasteiger partial charge in [-0.05, 0) is 28.8 Å². The van der Waals surface area contributed by atoms with Gasteiger partial charge in [-0.25, -0.2) is 0 Å². The van der Waals surface area contributed by atoms with Gasteiger partial charge < -0.3 is 9.47 Å². The van der Waals surface area contributed by atoms with Crippen LogP contribution in [0.1, 0.15) is 44.4 Å². The summed E-state index contributed by atoms with van der Waals surface area (Å²) in [6.45, 7) is 7.42. The number of benzene rings is 2. The maximum absolute atomic E-state index is 12.0. The smallest absolute Gasteiger partial charge is 0.313 e. The van der Waals surface area contributed by atoms with Gasteiger partial charge in [0.2, 0.25) is 0 Å². The van der Waals surface area contributed by atoms with Crippen LogP contribution in [-0.4, -0.2) is 11.9 Å². The van der Waals surface area contributed by atoms with E-state index in [1.807, 2.05) is 42.5 Å². The molecule has 0 N–H and O–H groups in total. The van der Waals surface area contributed by atoms with E-state index >= 15 is 0 Å². The molecular weight excluding hydrogens is 328 g/mol. The molecule has 26 heavy (non-hydrogen) atoms. The molecule has 0 saturated heterocycles. The van der Waals surface area contributed by atoms with Crippen LogP contribution >= 0.6 is 0 Å². The number of ether oxygens (including phenoxy) is 2. The molecular formula is C22H26O4. The van der Waals surface area contributed by atoms with E-state index in [4.69, 9.17) is 9.47 Å². The molecule has 4 nitrogen and oxygen atoms in total. The Balaban J connectivity index is 2.24. The Labute approximate surface area is 155 Å². The van der Waals surface area contributed by atoms with E-state index in [2.05, 4.69) is 0 Å². The molecule has 0 amide bonds. The van der Waals surface area contributed by atoms with Gasteiger partial charge >= 0.3 is 11.9 Å². The lowest BCUT2D eigenvalue weighted by atomic mass is 10.0. The Morgan fingerprint density at radius 1 is 0.846 bits per heavy atom. The molecule has 0 aliphatic carbocycles. The Morgan fingerprint density at radius 3 is 2.12 bits per heavy atom. The van der Waals surface area contributed by atoms with Gasteiger partial charge in [-0.15, -0.1) is 0 Å². The fraction of sp³-hybridized carbons (Fsp3) is 0.364. The second-order valence-electron chi connectivity index (χ2n) is 6.94. The molecule has 0 fully saturated rings. The Morgan fingerprint density at radius 2 is 1.50 bits per heavy atom. The molecule has 0 bridgehead atoms. The quantitative estimate of drug-likeness (QED) is 0.541. The summed E-state index contributed by atoms with van der Waals surface area (Å²) in [5, 5.41) is 0. The highest BCUT2D eigenvalue weighted by atomic mass is 16.5. The highest BCUT2D eigenvalue weighted by Gasteiger charge is 2.15. The summed E-state index contributed by atoms with van der Waals surface area (Å²) >= 11 is 0. The van der Waals surface area contributed by atoms with Crippen LogP contribution in [0.15, 0.2) is 48.5 Å². The minimum atomic E-state index is -0.265. The van der Waals surface area contributed by atoms with Crippen molar-refractivity contribution in [3.8, 4) is 5.75 Å². The van der Waals surface area contributed by atoms with E-state index in [1.54, 1.807) is 33.8 Å². The van der Waals surface area contributed by atoms with Gasteiger partial charge in [0.05, 0.1) is 11.8 Å². The number of hydrogen-bond acceptors (Lipinski definition) is 4. The molecule has 0 aliphatic rings. The third-order valence-corrected chi connectivity index (χ3v) is 3.90. The Bertz CT molecular complexity index is 748. The standard InChI is InChI=1S/C22H26O4/c1-15(2)21(23)25-14-18-10-11-20(26-22(24)16(3)4)19(13-18)12-17-8-6-5-7-9-17/h5-11,13,15-16H,12,14H2,1-4H3. The first kappa shape index (κ1) is 19.7. The van der Waals surface area contributed by atoms with Crippen LogP contribution in [0.4, 0.5) is 0 Å². The lowest BCUT2D eigenvalue weighted by molar-refractivity contribution is -0.148. The van der Waals surface area contributed by atoms with Crippen molar-refractivity contribution in [2.75, 3.05) is 0 Å². The maximum atomic E-state index is 12.0. The van der Waals surface area contributed by atoms with Crippen molar-refractivity contribution < 1.29 is 19.1 Å². The Hall–Kier alpha value is -2.62. The zero-order valence-corrected chi connectivity index (χ0v) is 15.8. The van der Waals surface area contributed by atoms with E-state index in [0.29, 0.717) is 12.2 Å². The van der Waals surface area contributed by atoms with Crippen molar-refractivity contribution in [1.29, 1.82) is 0 Å². The second-order valence-corrected chi connectivity index (χ2v) is 6.94. The molecule has 0 aliphatic heterocycles. The first-order valence-corrected chi connectivity index (χ1v) is 8.91. The molecule has 0 heterocycles. The number of hydrogen-bond donors (Lipinski definition) is 0. The van der Waals surface area contributed by atoms with Gasteiger partial charge in [0.1, 0.15) is 12.4 Å². The topological polar surface area (TPSA) is 52.6 Å². The fourth-order valence-electron chi connectivity index (χ4n) is 2.32. The summed E-state index contributed by atoms with van der Waals surface area (Å²) in [4.78, 5) is 23.7. The summed E-state index contributed by atoms with van der Waals surface area (Å²) in [6.07, 6.45) is 0.632. The first-order valence-electron chi connectivity index (χ1n) is 8.91. The second kappa shape index (κ2) is 9.18. The zero-order chi connectivity index (χ0) is 19.1. The molecule has 0 radical (unpaired) electrons. The van der Waals surface area contributed by atoms with Crippen LogP contribution in [0.2, 0.25) is 0 Å². The summed E-state index contributed by atoms with van der Waals surface area (Å²) in [6, 6.07) is 15.5. The third kappa shape index (κ3) is 5.73. The first-order chi connectivity index (χ1) is 12.4. The van der Waals surface area contributed by atoms with E-state index in [-0.39, 0.29) is 30.4 Å².